The highest BCUT2D eigenvalue weighted by Crippen LogP contribution is 2.25. The first-order valence-electron chi connectivity index (χ1n) is 11.0. The number of nitrogens with zero attached hydrogens (tertiary/aromatic N) is 4. The maximum Gasteiger partial charge on any atom is 0.258 e. The molecule has 166 valence electrons. The van der Waals surface area contributed by atoms with Gasteiger partial charge in [-0.15, -0.1) is 5.10 Å². The second kappa shape index (κ2) is 8.39. The molecule has 0 aliphatic carbocycles. The summed E-state index contributed by atoms with van der Waals surface area (Å²) < 4.78 is 7.22. The van der Waals surface area contributed by atoms with Crippen LogP contribution in [0, 0.1) is 0 Å². The van der Waals surface area contributed by atoms with E-state index >= 15 is 0 Å². The van der Waals surface area contributed by atoms with Gasteiger partial charge in [0.05, 0.1) is 30.8 Å². The van der Waals surface area contributed by atoms with Crippen LogP contribution in [0.4, 0.5) is 0 Å². The molecule has 2 aromatic heterocycles. The molecule has 0 unspecified atom stereocenters. The first kappa shape index (κ1) is 21.5. The number of quaternary nitrogens is 2. The molecule has 3 heterocycles. The third-order valence-corrected chi connectivity index (χ3v) is 6.74. The van der Waals surface area contributed by atoms with Crippen LogP contribution in [0.25, 0.3) is 10.9 Å². The van der Waals surface area contributed by atoms with E-state index in [0.717, 1.165) is 49.3 Å². The normalized spacial score (nSPS) is 20.7. The minimum atomic E-state index is -0.245. The SMILES string of the molecule is CCC(C)(C)n1nnnc1[C@@H](c1cc2ccc(OC)cc2[nH]c1=O)[NH+]1CC[NH+](C)CC1. The van der Waals surface area contributed by atoms with Gasteiger partial charge in [-0.25, -0.2) is 4.68 Å². The second-order valence-electron chi connectivity index (χ2n) is 9.17. The van der Waals surface area contributed by atoms with Gasteiger partial charge in [0.25, 0.3) is 5.56 Å². The third-order valence-electron chi connectivity index (χ3n) is 6.74. The minimum absolute atomic E-state index is 0.103. The molecule has 1 aromatic carbocycles. The van der Waals surface area contributed by atoms with Crippen LogP contribution in [-0.4, -0.2) is 65.5 Å². The maximum atomic E-state index is 13.3. The number of aromatic nitrogens is 5. The summed E-state index contributed by atoms with van der Waals surface area (Å²) >= 11 is 0. The number of H-pyrrole nitrogens is 1. The molecule has 9 nitrogen and oxygen atoms in total. The van der Waals surface area contributed by atoms with Gasteiger partial charge in [0.2, 0.25) is 5.82 Å². The molecular weight excluding hydrogens is 394 g/mol. The van der Waals surface area contributed by atoms with Gasteiger partial charge in [-0.05, 0) is 54.3 Å². The van der Waals surface area contributed by atoms with Gasteiger partial charge in [0, 0.05) is 6.07 Å². The zero-order chi connectivity index (χ0) is 22.2. The Morgan fingerprint density at radius 2 is 1.97 bits per heavy atom. The van der Waals surface area contributed by atoms with Crippen molar-refractivity contribution < 1.29 is 14.5 Å². The van der Waals surface area contributed by atoms with Crippen molar-refractivity contribution in [3.05, 3.63) is 46.0 Å². The fourth-order valence-electron chi connectivity index (χ4n) is 4.32. The summed E-state index contributed by atoms with van der Waals surface area (Å²) in [6, 6.07) is 7.51. The largest absolute Gasteiger partial charge is 0.497 e. The number of aromatic amines is 1. The van der Waals surface area contributed by atoms with E-state index in [1.54, 1.807) is 7.11 Å². The summed E-state index contributed by atoms with van der Waals surface area (Å²) in [5, 5.41) is 13.8. The molecule has 4 rings (SSSR count). The molecule has 0 spiro atoms. The molecular formula is C22H33N7O2+2. The lowest BCUT2D eigenvalue weighted by Gasteiger charge is -2.34. The quantitative estimate of drug-likeness (QED) is 0.478. The highest BCUT2D eigenvalue weighted by molar-refractivity contribution is 5.80. The highest BCUT2D eigenvalue weighted by atomic mass is 16.5. The van der Waals surface area contributed by atoms with Crippen LogP contribution in [0.3, 0.4) is 0 Å². The summed E-state index contributed by atoms with van der Waals surface area (Å²) in [5.41, 5.74) is 1.12. The number of likely N-dealkylation sites (N-methyl/N-ethyl adjacent to an activating group) is 1. The van der Waals surface area contributed by atoms with Crippen molar-refractivity contribution in [1.82, 2.24) is 25.2 Å². The lowest BCUT2D eigenvalue weighted by atomic mass is 9.99. The molecule has 1 aliphatic rings. The molecule has 0 radical (unpaired) electrons. The second-order valence-corrected chi connectivity index (χ2v) is 9.17. The van der Waals surface area contributed by atoms with Crippen molar-refractivity contribution in [2.75, 3.05) is 40.3 Å². The Balaban J connectivity index is 1.87. The van der Waals surface area contributed by atoms with Gasteiger partial charge in [0.15, 0.2) is 6.04 Å². The number of benzene rings is 1. The lowest BCUT2D eigenvalue weighted by Crippen LogP contribution is -3.27. The number of hydrogen-bond donors (Lipinski definition) is 3. The van der Waals surface area contributed by atoms with E-state index in [2.05, 4.69) is 48.3 Å². The number of hydrogen-bond acceptors (Lipinski definition) is 5. The zero-order valence-electron chi connectivity index (χ0n) is 19.0. The van der Waals surface area contributed by atoms with Gasteiger partial charge in [-0.3, -0.25) is 4.79 Å². The molecule has 31 heavy (non-hydrogen) atoms. The number of piperazine rings is 1. The van der Waals surface area contributed by atoms with Crippen molar-refractivity contribution in [2.45, 2.75) is 38.8 Å². The monoisotopic (exact) mass is 427 g/mol. The van der Waals surface area contributed by atoms with E-state index in [4.69, 9.17) is 4.74 Å². The Morgan fingerprint density at radius 3 is 2.65 bits per heavy atom. The first-order valence-corrected chi connectivity index (χ1v) is 11.0. The number of ether oxygens (including phenoxy) is 1. The van der Waals surface area contributed by atoms with Crippen molar-refractivity contribution in [1.29, 1.82) is 0 Å². The molecule has 0 saturated carbocycles. The average molecular weight is 428 g/mol. The van der Waals surface area contributed by atoms with Crippen LogP contribution in [0.5, 0.6) is 5.75 Å². The molecule has 1 saturated heterocycles. The van der Waals surface area contributed by atoms with Gasteiger partial charge in [0.1, 0.15) is 31.9 Å². The van der Waals surface area contributed by atoms with Gasteiger partial charge < -0.3 is 19.5 Å². The average Bonchev–Trinajstić information content (AvgIpc) is 3.25. The molecule has 3 aromatic rings. The summed E-state index contributed by atoms with van der Waals surface area (Å²) in [6.07, 6.45) is 0.883. The van der Waals surface area contributed by atoms with Crippen molar-refractivity contribution in [3.63, 3.8) is 0 Å². The smallest absolute Gasteiger partial charge is 0.258 e. The van der Waals surface area contributed by atoms with Crippen molar-refractivity contribution in [3.8, 4) is 5.75 Å². The Bertz CT molecular complexity index is 1110. The molecule has 9 heteroatoms. The van der Waals surface area contributed by atoms with E-state index in [9.17, 15) is 4.79 Å². The Hall–Kier alpha value is -2.78. The van der Waals surface area contributed by atoms with Gasteiger partial charge in [-0.1, -0.05) is 6.92 Å². The number of nitrogens with one attached hydrogen (secondary N) is 3. The van der Waals surface area contributed by atoms with Crippen LogP contribution in [-0.2, 0) is 5.54 Å². The Kier molecular flexibility index (Phi) is 5.81. The van der Waals surface area contributed by atoms with E-state index in [1.165, 1.54) is 9.80 Å². The molecule has 1 fully saturated rings. The van der Waals surface area contributed by atoms with E-state index in [1.807, 2.05) is 28.9 Å². The fraction of sp³-hybridized carbons (Fsp3) is 0.545. The highest BCUT2D eigenvalue weighted by Gasteiger charge is 2.39. The Morgan fingerprint density at radius 1 is 1.23 bits per heavy atom. The molecule has 1 atom stereocenters. The van der Waals surface area contributed by atoms with Crippen molar-refractivity contribution in [2.24, 2.45) is 0 Å². The maximum absolute atomic E-state index is 13.3. The van der Waals surface area contributed by atoms with Crippen LogP contribution >= 0.6 is 0 Å². The van der Waals surface area contributed by atoms with Crippen LogP contribution in [0.1, 0.15) is 44.6 Å². The molecule has 3 N–H and O–H groups in total. The minimum Gasteiger partial charge on any atom is -0.497 e. The van der Waals surface area contributed by atoms with E-state index < -0.39 is 0 Å². The summed E-state index contributed by atoms with van der Waals surface area (Å²) in [7, 11) is 3.84. The van der Waals surface area contributed by atoms with Crippen molar-refractivity contribution >= 4 is 10.9 Å². The number of rotatable bonds is 6. The predicted octanol–water partition coefficient (Wildman–Crippen LogP) is -0.829. The number of fused-ring (bicyclic) bond motifs is 1. The summed E-state index contributed by atoms with van der Waals surface area (Å²) in [6.45, 7) is 10.4. The topological polar surface area (TPSA) is 94.6 Å². The molecule has 0 amide bonds. The first-order chi connectivity index (χ1) is 14.8. The van der Waals surface area contributed by atoms with Crippen LogP contribution in [0.15, 0.2) is 29.1 Å². The summed E-state index contributed by atoms with van der Waals surface area (Å²) in [4.78, 5) is 19.2. The van der Waals surface area contributed by atoms with E-state index in [0.29, 0.717) is 11.3 Å². The van der Waals surface area contributed by atoms with E-state index in [-0.39, 0.29) is 17.1 Å². The van der Waals surface area contributed by atoms with Crippen LogP contribution in [0.2, 0.25) is 0 Å². The Labute approximate surface area is 182 Å². The predicted molar refractivity (Wildman–Crippen MR) is 118 cm³/mol. The summed E-state index contributed by atoms with van der Waals surface area (Å²) in [5.74, 6) is 1.47. The standard InChI is InChI=1S/C22H31N7O2/c1-6-22(2,3)29-20(24-25-26-29)19(28-11-9-27(4)10-12-28)17-13-15-7-8-16(31-5)14-18(15)23-21(17)30/h7-8,13-14,19H,6,9-12H2,1-5H3,(H,23,30)/p+2/t19-/m1/s1. The number of pyridine rings is 1. The van der Waals surface area contributed by atoms with Gasteiger partial charge in [-0.2, -0.15) is 0 Å². The fourth-order valence-corrected chi connectivity index (χ4v) is 4.32. The lowest BCUT2D eigenvalue weighted by molar-refractivity contribution is -1.02. The number of methoxy groups -OCH3 is 1. The molecule has 1 aliphatic heterocycles. The molecule has 0 bridgehead atoms. The van der Waals surface area contributed by atoms with Crippen LogP contribution < -0.4 is 20.1 Å². The number of tetrazole rings is 1. The zero-order valence-corrected chi connectivity index (χ0v) is 19.0. The third kappa shape index (κ3) is 4.07. The van der Waals surface area contributed by atoms with Gasteiger partial charge >= 0.3 is 0 Å².